The lowest BCUT2D eigenvalue weighted by Crippen LogP contribution is -2.32. The van der Waals surface area contributed by atoms with E-state index in [4.69, 9.17) is 4.74 Å². The Hall–Kier alpha value is -8.63. The van der Waals surface area contributed by atoms with Gasteiger partial charge >= 0.3 is 0 Å². The molecule has 0 saturated carbocycles. The zero-order valence-electron chi connectivity index (χ0n) is 38.4. The molecule has 2 aliphatic carbocycles. The Labute approximate surface area is 416 Å². The molecule has 12 aromatic carbocycles. The number of hydrogen-bond acceptors (Lipinski definition) is 3. The van der Waals surface area contributed by atoms with Crippen LogP contribution in [0.3, 0.4) is 0 Å². The number of benzene rings is 12. The van der Waals surface area contributed by atoms with Crippen LogP contribution in [0.4, 0.5) is 17.1 Å². The van der Waals surface area contributed by atoms with E-state index in [0.717, 1.165) is 39.7 Å². The van der Waals surface area contributed by atoms with Crippen molar-refractivity contribution < 1.29 is 4.74 Å². The molecule has 2 nitrogen and oxygen atoms in total. The number of fused-ring (bicyclic) bond motifs is 24. The van der Waals surface area contributed by atoms with E-state index in [1.54, 1.807) is 0 Å². The summed E-state index contributed by atoms with van der Waals surface area (Å²) >= 11 is 1.89. The second-order valence-corrected chi connectivity index (χ2v) is 20.4. The molecular weight excluding hydrogens is 879 g/mol. The summed E-state index contributed by atoms with van der Waals surface area (Å²) in [5.74, 6) is 1.78. The monoisotopic (exact) mass is 919 g/mol. The first kappa shape index (κ1) is 39.2. The first-order valence-corrected chi connectivity index (χ1v) is 25.4. The Morgan fingerprint density at radius 2 is 0.732 bits per heavy atom. The highest BCUT2D eigenvalue weighted by atomic mass is 32.2. The average molecular weight is 920 g/mol. The maximum atomic E-state index is 6.78. The fourth-order valence-electron chi connectivity index (χ4n) is 13.5. The molecule has 2 aliphatic heterocycles. The molecule has 3 heteroatoms. The Morgan fingerprint density at radius 1 is 0.296 bits per heavy atom. The van der Waals surface area contributed by atoms with E-state index in [2.05, 4.69) is 254 Å². The van der Waals surface area contributed by atoms with E-state index >= 15 is 0 Å². The van der Waals surface area contributed by atoms with Crippen LogP contribution in [-0.4, -0.2) is 0 Å². The maximum absolute atomic E-state index is 6.78. The van der Waals surface area contributed by atoms with Crippen molar-refractivity contribution in [2.75, 3.05) is 4.90 Å². The van der Waals surface area contributed by atoms with Crippen molar-refractivity contribution in [3.63, 3.8) is 0 Å². The van der Waals surface area contributed by atoms with Gasteiger partial charge in [0, 0.05) is 37.9 Å². The quantitative estimate of drug-likeness (QED) is 0.164. The Morgan fingerprint density at radius 3 is 1.38 bits per heavy atom. The predicted octanol–water partition coefficient (Wildman–Crippen LogP) is 17.9. The van der Waals surface area contributed by atoms with Crippen LogP contribution in [0.15, 0.2) is 259 Å². The summed E-state index contributed by atoms with van der Waals surface area (Å²) in [6.45, 7) is 0. The normalized spacial score (nSPS) is 14.5. The van der Waals surface area contributed by atoms with Gasteiger partial charge in [-0.3, -0.25) is 0 Å². The second-order valence-electron chi connectivity index (χ2n) is 19.4. The van der Waals surface area contributed by atoms with Crippen LogP contribution in [0.5, 0.6) is 11.5 Å². The Bertz CT molecular complexity index is 4150. The molecule has 2 heterocycles. The summed E-state index contributed by atoms with van der Waals surface area (Å²) in [5.41, 5.74) is 17.3. The van der Waals surface area contributed by atoms with Gasteiger partial charge in [0.1, 0.15) is 11.5 Å². The molecule has 0 amide bonds. The van der Waals surface area contributed by atoms with E-state index in [9.17, 15) is 0 Å². The summed E-state index contributed by atoms with van der Waals surface area (Å²) in [4.78, 5) is 5.16. The van der Waals surface area contributed by atoms with Crippen molar-refractivity contribution in [3.8, 4) is 33.8 Å². The van der Waals surface area contributed by atoms with E-state index in [0.29, 0.717) is 0 Å². The second kappa shape index (κ2) is 14.5. The number of nitrogens with zero attached hydrogens (tertiary/aromatic N) is 1. The first-order valence-electron chi connectivity index (χ1n) is 24.6. The highest BCUT2D eigenvalue weighted by Gasteiger charge is 2.53. The van der Waals surface area contributed by atoms with E-state index < -0.39 is 10.8 Å². The largest absolute Gasteiger partial charge is 0.457 e. The molecule has 0 unspecified atom stereocenters. The highest BCUT2D eigenvalue weighted by Crippen LogP contribution is 2.66. The maximum Gasteiger partial charge on any atom is 0.132 e. The molecule has 0 atom stereocenters. The van der Waals surface area contributed by atoms with E-state index in [1.165, 1.54) is 97.7 Å². The van der Waals surface area contributed by atoms with Crippen molar-refractivity contribution in [1.29, 1.82) is 0 Å². The molecule has 2 spiro atoms. The average Bonchev–Trinajstić information content (AvgIpc) is 3.90. The third-order valence-corrected chi connectivity index (χ3v) is 17.3. The summed E-state index contributed by atoms with van der Waals surface area (Å²) in [7, 11) is 0. The van der Waals surface area contributed by atoms with Crippen LogP contribution in [0.25, 0.3) is 54.6 Å². The van der Waals surface area contributed by atoms with Gasteiger partial charge in [-0.2, -0.15) is 0 Å². The smallest absolute Gasteiger partial charge is 0.132 e. The van der Waals surface area contributed by atoms with Crippen molar-refractivity contribution >= 4 is 61.1 Å². The van der Waals surface area contributed by atoms with Crippen LogP contribution in [-0.2, 0) is 10.8 Å². The molecule has 330 valence electrons. The number of ether oxygens (including phenoxy) is 1. The number of para-hydroxylation sites is 2. The predicted molar refractivity (Wildman–Crippen MR) is 292 cm³/mol. The first-order chi connectivity index (χ1) is 35.2. The Kier molecular flexibility index (Phi) is 7.99. The van der Waals surface area contributed by atoms with Gasteiger partial charge in [0.25, 0.3) is 0 Å². The molecule has 0 aromatic heterocycles. The van der Waals surface area contributed by atoms with Gasteiger partial charge in [-0.1, -0.05) is 206 Å². The molecule has 16 rings (SSSR count). The fourth-order valence-corrected chi connectivity index (χ4v) is 14.7. The summed E-state index contributed by atoms with van der Waals surface area (Å²) in [6, 6.07) is 93.1. The fraction of sp³-hybridized carbons (Fsp3) is 0.0294. The van der Waals surface area contributed by atoms with Gasteiger partial charge in [-0.05, 0) is 137 Å². The zero-order valence-corrected chi connectivity index (χ0v) is 39.3. The minimum atomic E-state index is -0.617. The van der Waals surface area contributed by atoms with Crippen LogP contribution in [0, 0.1) is 0 Å². The molecule has 71 heavy (non-hydrogen) atoms. The number of anilines is 3. The molecule has 0 fully saturated rings. The van der Waals surface area contributed by atoms with Gasteiger partial charge in [-0.25, -0.2) is 0 Å². The third kappa shape index (κ3) is 5.03. The third-order valence-electron chi connectivity index (χ3n) is 16.2. The Balaban J connectivity index is 1.03. The minimum Gasteiger partial charge on any atom is -0.457 e. The molecular formula is C68H41NOS. The van der Waals surface area contributed by atoms with Gasteiger partial charge in [0.2, 0.25) is 0 Å². The molecule has 0 N–H and O–H groups in total. The number of hydrogen-bond donors (Lipinski definition) is 0. The lowest BCUT2D eigenvalue weighted by atomic mass is 9.66. The van der Waals surface area contributed by atoms with Crippen molar-refractivity contribution in [1.82, 2.24) is 0 Å². The van der Waals surface area contributed by atoms with Crippen LogP contribution >= 0.6 is 11.8 Å². The van der Waals surface area contributed by atoms with E-state index in [1.807, 2.05) is 11.8 Å². The lowest BCUT2D eigenvalue weighted by molar-refractivity contribution is 0.436. The van der Waals surface area contributed by atoms with Crippen molar-refractivity contribution in [3.05, 3.63) is 293 Å². The van der Waals surface area contributed by atoms with E-state index in [-0.39, 0.29) is 0 Å². The van der Waals surface area contributed by atoms with Gasteiger partial charge in [0.05, 0.1) is 16.5 Å². The van der Waals surface area contributed by atoms with Crippen molar-refractivity contribution in [2.45, 2.75) is 20.6 Å². The van der Waals surface area contributed by atoms with Crippen LogP contribution in [0.2, 0.25) is 0 Å². The molecule has 12 aromatic rings. The summed E-state index contributed by atoms with van der Waals surface area (Å²) < 4.78 is 6.78. The van der Waals surface area contributed by atoms with Gasteiger partial charge in [-0.15, -0.1) is 0 Å². The van der Waals surface area contributed by atoms with Gasteiger partial charge < -0.3 is 9.64 Å². The highest BCUT2D eigenvalue weighted by molar-refractivity contribution is 7.99. The summed E-state index contributed by atoms with van der Waals surface area (Å²) in [6.07, 6.45) is 0. The number of rotatable bonds is 3. The summed E-state index contributed by atoms with van der Waals surface area (Å²) in [5, 5.41) is 7.52. The standard InChI is InChI=1S/C68H41NOS/c1-2-20-46-44(18-1)45-19-3-4-21-47(45)52-40-42(36-38-48(46)52)69(43-37-39-50-49-22-5-7-24-53(49)68(60(50)41-43)57-28-11-15-34-64(57)71-65-35-16-12-29-58(65)68)61-31-17-30-59-66(61)51-23-6-8-25-54(51)67(59)55-26-9-13-32-62(55)70-63-33-14-10-27-56(63)67/h1-41H. The SMILES string of the molecule is c1ccc2c(c1)Oc1ccccc1C21c2ccccc2-c2c(N(c3ccc4c(c3)C3(c5ccccc5Sc5ccccc53)c3ccccc3-4)c3ccc4c5ccccc5c5ccccc5c4c3)cccc21. The minimum absolute atomic E-state index is 0.532. The van der Waals surface area contributed by atoms with Crippen molar-refractivity contribution in [2.24, 2.45) is 0 Å². The molecule has 4 aliphatic rings. The zero-order chi connectivity index (χ0) is 46.4. The molecule has 0 bridgehead atoms. The van der Waals surface area contributed by atoms with Gasteiger partial charge in [0.15, 0.2) is 0 Å². The lowest BCUT2D eigenvalue weighted by Gasteiger charge is -2.40. The molecule has 0 radical (unpaired) electrons. The van der Waals surface area contributed by atoms with Crippen LogP contribution < -0.4 is 9.64 Å². The molecule has 0 saturated heterocycles. The van der Waals surface area contributed by atoms with Crippen LogP contribution in [0.1, 0.15) is 44.5 Å². The topological polar surface area (TPSA) is 12.5 Å².